The molecule has 0 unspecified atom stereocenters. The summed E-state index contributed by atoms with van der Waals surface area (Å²) in [4.78, 5) is 16.0. The first kappa shape index (κ1) is 21.3. The van der Waals surface area contributed by atoms with Crippen molar-refractivity contribution in [3.8, 4) is 5.69 Å². The third-order valence-corrected chi connectivity index (χ3v) is 4.94. The lowest BCUT2D eigenvalue weighted by Gasteiger charge is -2.10. The number of nitrogens with zero attached hydrogens (tertiary/aromatic N) is 5. The van der Waals surface area contributed by atoms with Gasteiger partial charge in [0.25, 0.3) is 5.91 Å². The van der Waals surface area contributed by atoms with Crippen LogP contribution in [0, 0.1) is 13.8 Å². The average Bonchev–Trinajstić information content (AvgIpc) is 3.27. The van der Waals surface area contributed by atoms with Crippen LogP contribution >= 0.6 is 0 Å². The molecule has 2 aromatic heterocycles. The molecule has 164 valence electrons. The Bertz CT molecular complexity index is 1300. The van der Waals surface area contributed by atoms with Crippen LogP contribution in [0.15, 0.2) is 59.7 Å². The molecule has 0 saturated carbocycles. The van der Waals surface area contributed by atoms with E-state index in [1.165, 1.54) is 18.3 Å². The van der Waals surface area contributed by atoms with Crippen LogP contribution in [0.3, 0.4) is 0 Å². The molecule has 4 rings (SSSR count). The Balaban J connectivity index is 1.53. The lowest BCUT2D eigenvalue weighted by Crippen LogP contribution is -2.26. The number of imidazole rings is 1. The van der Waals surface area contributed by atoms with Crippen molar-refractivity contribution in [1.29, 1.82) is 0 Å². The Morgan fingerprint density at radius 1 is 1.09 bits per heavy atom. The standard InChI is InChI=1S/C22H19F3N6O/c1-14-17(15(2)31(29-14)16-8-4-3-5-9-16)12-26-28-20(32)13-30-19-11-7-6-10-18(19)27-21(30)22(23,24)25/h3-12H,13H2,1-2H3,(H,28,32). The van der Waals surface area contributed by atoms with Gasteiger partial charge in [0.15, 0.2) is 0 Å². The monoisotopic (exact) mass is 440 g/mol. The second kappa shape index (κ2) is 8.29. The molecular formula is C22H19F3N6O. The van der Waals surface area contributed by atoms with E-state index in [2.05, 4.69) is 20.6 Å². The molecule has 0 saturated heterocycles. The van der Waals surface area contributed by atoms with Gasteiger partial charge in [0.05, 0.1) is 34.3 Å². The van der Waals surface area contributed by atoms with Crippen LogP contribution in [-0.2, 0) is 17.5 Å². The van der Waals surface area contributed by atoms with Crippen LogP contribution in [0.5, 0.6) is 0 Å². The smallest absolute Gasteiger partial charge is 0.311 e. The molecular weight excluding hydrogens is 421 g/mol. The molecule has 0 aliphatic carbocycles. The molecule has 0 aliphatic heterocycles. The van der Waals surface area contributed by atoms with Gasteiger partial charge in [0, 0.05) is 5.56 Å². The van der Waals surface area contributed by atoms with Gasteiger partial charge in [-0.2, -0.15) is 23.4 Å². The van der Waals surface area contributed by atoms with E-state index >= 15 is 0 Å². The summed E-state index contributed by atoms with van der Waals surface area (Å²) in [6, 6.07) is 15.7. The third kappa shape index (κ3) is 4.11. The van der Waals surface area contributed by atoms with Crippen molar-refractivity contribution in [2.75, 3.05) is 0 Å². The van der Waals surface area contributed by atoms with E-state index in [0.29, 0.717) is 11.3 Å². The van der Waals surface area contributed by atoms with Gasteiger partial charge < -0.3 is 4.57 Å². The molecule has 0 spiro atoms. The Hall–Kier alpha value is -3.95. The van der Waals surface area contributed by atoms with E-state index in [0.717, 1.165) is 15.9 Å². The fourth-order valence-electron chi connectivity index (χ4n) is 3.46. The number of hydrogen-bond acceptors (Lipinski definition) is 4. The maximum Gasteiger partial charge on any atom is 0.449 e. The number of carbonyl (C=O) groups is 1. The number of alkyl halides is 3. The Morgan fingerprint density at radius 3 is 2.50 bits per heavy atom. The number of aromatic nitrogens is 4. The molecule has 32 heavy (non-hydrogen) atoms. The second-order valence-electron chi connectivity index (χ2n) is 7.13. The topological polar surface area (TPSA) is 77.1 Å². The van der Waals surface area contributed by atoms with Crippen molar-refractivity contribution >= 4 is 23.2 Å². The Morgan fingerprint density at radius 2 is 1.78 bits per heavy atom. The maximum atomic E-state index is 13.4. The number of nitrogens with one attached hydrogen (secondary N) is 1. The Labute approximate surface area is 181 Å². The van der Waals surface area contributed by atoms with E-state index in [9.17, 15) is 18.0 Å². The second-order valence-corrected chi connectivity index (χ2v) is 7.13. The number of hydrazone groups is 1. The number of rotatable bonds is 5. The van der Waals surface area contributed by atoms with Crippen molar-refractivity contribution in [2.24, 2.45) is 5.10 Å². The highest BCUT2D eigenvalue weighted by molar-refractivity contribution is 5.85. The van der Waals surface area contributed by atoms with E-state index in [-0.39, 0.29) is 11.0 Å². The highest BCUT2D eigenvalue weighted by Crippen LogP contribution is 2.31. The average molecular weight is 440 g/mol. The molecule has 2 heterocycles. The summed E-state index contributed by atoms with van der Waals surface area (Å²) in [7, 11) is 0. The zero-order valence-electron chi connectivity index (χ0n) is 17.3. The summed E-state index contributed by atoms with van der Waals surface area (Å²) in [6.45, 7) is 3.10. The van der Waals surface area contributed by atoms with Crippen molar-refractivity contribution in [1.82, 2.24) is 24.8 Å². The minimum atomic E-state index is -4.69. The van der Waals surface area contributed by atoms with Crippen molar-refractivity contribution in [3.63, 3.8) is 0 Å². The normalized spacial score (nSPS) is 12.0. The largest absolute Gasteiger partial charge is 0.449 e. The van der Waals surface area contributed by atoms with Gasteiger partial charge >= 0.3 is 6.18 Å². The number of amides is 1. The summed E-state index contributed by atoms with van der Waals surface area (Å²) in [5.41, 5.74) is 5.77. The minimum Gasteiger partial charge on any atom is -0.311 e. The van der Waals surface area contributed by atoms with E-state index in [1.807, 2.05) is 44.2 Å². The van der Waals surface area contributed by atoms with E-state index in [4.69, 9.17) is 0 Å². The van der Waals surface area contributed by atoms with Gasteiger partial charge in [-0.25, -0.2) is 15.1 Å². The summed E-state index contributed by atoms with van der Waals surface area (Å²) in [5, 5.41) is 8.42. The van der Waals surface area contributed by atoms with E-state index in [1.54, 1.807) is 16.8 Å². The molecule has 2 aromatic carbocycles. The summed E-state index contributed by atoms with van der Waals surface area (Å²) in [5.74, 6) is -1.84. The number of aryl methyl sites for hydroxylation is 1. The zero-order valence-corrected chi connectivity index (χ0v) is 17.3. The highest BCUT2D eigenvalue weighted by atomic mass is 19.4. The predicted octanol–water partition coefficient (Wildman–Crippen LogP) is 4.01. The molecule has 1 amide bonds. The van der Waals surface area contributed by atoms with Crippen LogP contribution in [-0.4, -0.2) is 31.5 Å². The number of para-hydroxylation sites is 3. The third-order valence-electron chi connectivity index (χ3n) is 4.94. The molecule has 10 heteroatoms. The molecule has 4 aromatic rings. The van der Waals surface area contributed by atoms with Gasteiger partial charge in [0.1, 0.15) is 6.54 Å². The van der Waals surface area contributed by atoms with Crippen LogP contribution in [0.25, 0.3) is 16.7 Å². The Kier molecular flexibility index (Phi) is 5.52. The van der Waals surface area contributed by atoms with Gasteiger partial charge in [-0.15, -0.1) is 0 Å². The van der Waals surface area contributed by atoms with Crippen molar-refractivity contribution in [2.45, 2.75) is 26.6 Å². The number of hydrogen-bond donors (Lipinski definition) is 1. The van der Waals surface area contributed by atoms with E-state index < -0.39 is 24.5 Å². The minimum absolute atomic E-state index is 0.163. The fourth-order valence-corrected chi connectivity index (χ4v) is 3.46. The SMILES string of the molecule is Cc1nn(-c2ccccc2)c(C)c1C=NNC(=O)Cn1c(C(F)(F)F)nc2ccccc21. The quantitative estimate of drug-likeness (QED) is 0.376. The van der Waals surface area contributed by atoms with Gasteiger partial charge in [0.2, 0.25) is 5.82 Å². The first-order chi connectivity index (χ1) is 15.3. The zero-order chi connectivity index (χ0) is 22.9. The lowest BCUT2D eigenvalue weighted by molar-refractivity contribution is -0.147. The van der Waals surface area contributed by atoms with Crippen molar-refractivity contribution in [3.05, 3.63) is 77.4 Å². The fraction of sp³-hybridized carbons (Fsp3) is 0.182. The molecule has 0 radical (unpaired) electrons. The maximum absolute atomic E-state index is 13.4. The highest BCUT2D eigenvalue weighted by Gasteiger charge is 2.38. The molecule has 0 bridgehead atoms. The van der Waals surface area contributed by atoms with Crippen LogP contribution < -0.4 is 5.43 Å². The molecule has 0 fully saturated rings. The number of halogens is 3. The molecule has 0 aliphatic rings. The van der Waals surface area contributed by atoms with Crippen LogP contribution in [0.2, 0.25) is 0 Å². The summed E-state index contributed by atoms with van der Waals surface area (Å²) >= 11 is 0. The molecule has 7 nitrogen and oxygen atoms in total. The van der Waals surface area contributed by atoms with Crippen LogP contribution in [0.4, 0.5) is 13.2 Å². The summed E-state index contributed by atoms with van der Waals surface area (Å²) < 4.78 is 42.8. The number of fused-ring (bicyclic) bond motifs is 1. The first-order valence-corrected chi connectivity index (χ1v) is 9.71. The van der Waals surface area contributed by atoms with Crippen molar-refractivity contribution < 1.29 is 18.0 Å². The lowest BCUT2D eigenvalue weighted by atomic mass is 10.2. The predicted molar refractivity (Wildman–Crippen MR) is 114 cm³/mol. The van der Waals surface area contributed by atoms with Gasteiger partial charge in [-0.1, -0.05) is 30.3 Å². The van der Waals surface area contributed by atoms with Gasteiger partial charge in [-0.3, -0.25) is 4.79 Å². The molecule has 0 atom stereocenters. The molecule has 1 N–H and O–H groups in total. The number of carbonyl (C=O) groups excluding carboxylic acids is 1. The summed E-state index contributed by atoms with van der Waals surface area (Å²) in [6.07, 6.45) is -3.26. The first-order valence-electron chi connectivity index (χ1n) is 9.71. The van der Waals surface area contributed by atoms with Gasteiger partial charge in [-0.05, 0) is 38.1 Å². The van der Waals surface area contributed by atoms with Crippen LogP contribution in [0.1, 0.15) is 22.8 Å². The number of benzene rings is 2.